The van der Waals surface area contributed by atoms with Gasteiger partial charge in [-0.2, -0.15) is 0 Å². The molecule has 4 heteroatoms. The summed E-state index contributed by atoms with van der Waals surface area (Å²) in [5.41, 5.74) is 1.20. The predicted octanol–water partition coefficient (Wildman–Crippen LogP) is 1.82. The predicted molar refractivity (Wildman–Crippen MR) is 80.5 cm³/mol. The molecule has 0 aliphatic carbocycles. The highest BCUT2D eigenvalue weighted by Crippen LogP contribution is 2.13. The molecule has 0 amide bonds. The highest BCUT2D eigenvalue weighted by Gasteiger charge is 2.17. The number of hydrogen-bond acceptors (Lipinski definition) is 2. The minimum atomic E-state index is 0. The van der Waals surface area contributed by atoms with Gasteiger partial charge in [0.2, 0.25) is 5.69 Å². The molecule has 1 aliphatic heterocycles. The fraction of sp³-hybridized carbons (Fsp3) is 0.308. The van der Waals surface area contributed by atoms with Crippen LogP contribution in [0.25, 0.3) is 6.08 Å². The van der Waals surface area contributed by atoms with Gasteiger partial charge < -0.3 is 9.80 Å². The van der Waals surface area contributed by atoms with Crippen molar-refractivity contribution in [2.24, 2.45) is 7.05 Å². The van der Waals surface area contributed by atoms with E-state index in [1.54, 1.807) is 0 Å². The van der Waals surface area contributed by atoms with E-state index in [4.69, 9.17) is 0 Å². The first-order chi connectivity index (χ1) is 7.68. The summed E-state index contributed by atoms with van der Waals surface area (Å²) in [5, 5.41) is 0. The van der Waals surface area contributed by atoms with Gasteiger partial charge in [-0.15, -0.1) is 24.0 Å². The molecule has 0 aromatic carbocycles. The normalized spacial score (nSPS) is 15.7. The zero-order chi connectivity index (χ0) is 11.5. The molecule has 17 heavy (non-hydrogen) atoms. The molecule has 2 rings (SSSR count). The molecular formula is C13H19IN3+. The quantitative estimate of drug-likeness (QED) is 0.599. The lowest BCUT2D eigenvalue weighted by atomic mass is 10.3. The third-order valence-electron chi connectivity index (χ3n) is 2.91. The van der Waals surface area contributed by atoms with Crippen molar-refractivity contribution in [1.29, 1.82) is 0 Å². The Kier molecular flexibility index (Phi) is 4.99. The van der Waals surface area contributed by atoms with E-state index in [2.05, 4.69) is 78.4 Å². The molecule has 92 valence electrons. The first-order valence-electron chi connectivity index (χ1n) is 5.43. The van der Waals surface area contributed by atoms with Gasteiger partial charge in [0.1, 0.15) is 13.2 Å². The van der Waals surface area contributed by atoms with Crippen LogP contribution in [-0.2, 0) is 7.05 Å². The van der Waals surface area contributed by atoms with Crippen molar-refractivity contribution in [3.05, 3.63) is 48.6 Å². The highest BCUT2D eigenvalue weighted by atomic mass is 127. The molecule has 0 bridgehead atoms. The number of aryl methyl sites for hydroxylation is 1. The number of aromatic nitrogens is 1. The zero-order valence-corrected chi connectivity index (χ0v) is 12.8. The van der Waals surface area contributed by atoms with E-state index >= 15 is 0 Å². The first-order valence-corrected chi connectivity index (χ1v) is 5.43. The van der Waals surface area contributed by atoms with E-state index < -0.39 is 0 Å². The van der Waals surface area contributed by atoms with E-state index in [-0.39, 0.29) is 24.0 Å². The van der Waals surface area contributed by atoms with E-state index in [0.29, 0.717) is 6.17 Å². The molecule has 0 radical (unpaired) electrons. The van der Waals surface area contributed by atoms with E-state index in [1.165, 1.54) is 5.69 Å². The number of likely N-dealkylation sites (N-methyl/N-ethyl adjacent to an activating group) is 2. The summed E-state index contributed by atoms with van der Waals surface area (Å²) in [6, 6.07) is 6.20. The lowest BCUT2D eigenvalue weighted by Crippen LogP contribution is -2.33. The third kappa shape index (κ3) is 3.21. The number of rotatable bonds is 2. The minimum Gasteiger partial charge on any atom is -0.356 e. The average Bonchev–Trinajstić information content (AvgIpc) is 2.58. The number of halogens is 1. The van der Waals surface area contributed by atoms with Crippen LogP contribution in [-0.4, -0.2) is 30.1 Å². The van der Waals surface area contributed by atoms with Crippen LogP contribution in [0.4, 0.5) is 0 Å². The van der Waals surface area contributed by atoms with Crippen molar-refractivity contribution in [2.45, 2.75) is 6.17 Å². The molecular weight excluding hydrogens is 325 g/mol. The van der Waals surface area contributed by atoms with E-state index in [1.807, 2.05) is 6.07 Å². The van der Waals surface area contributed by atoms with E-state index in [0.717, 1.165) is 0 Å². The van der Waals surface area contributed by atoms with Crippen LogP contribution in [0.1, 0.15) is 5.69 Å². The standard InChI is InChI=1S/C13H18N3.HI/c1-14-9-5-4-6-12(14)7-8-13-15(2)10-11-16(13)3;/h4-11,13H,1-3H3;1H/q+1;. The second kappa shape index (κ2) is 6.05. The van der Waals surface area contributed by atoms with Crippen LogP contribution in [0.15, 0.2) is 42.9 Å². The summed E-state index contributed by atoms with van der Waals surface area (Å²) >= 11 is 0. The van der Waals surface area contributed by atoms with Crippen molar-refractivity contribution < 1.29 is 4.57 Å². The minimum absolute atomic E-state index is 0. The Morgan fingerprint density at radius 1 is 1.18 bits per heavy atom. The van der Waals surface area contributed by atoms with Crippen LogP contribution in [0, 0.1) is 0 Å². The second-order valence-electron chi connectivity index (χ2n) is 4.14. The summed E-state index contributed by atoms with van der Waals surface area (Å²) < 4.78 is 2.11. The largest absolute Gasteiger partial charge is 0.356 e. The monoisotopic (exact) mass is 344 g/mol. The van der Waals surface area contributed by atoms with Crippen molar-refractivity contribution in [2.75, 3.05) is 14.1 Å². The molecule has 1 aliphatic rings. The lowest BCUT2D eigenvalue weighted by Gasteiger charge is -2.23. The molecule has 1 aromatic heterocycles. The van der Waals surface area contributed by atoms with Crippen molar-refractivity contribution >= 4 is 30.1 Å². The fourth-order valence-corrected chi connectivity index (χ4v) is 1.84. The molecule has 1 aromatic rings. The Morgan fingerprint density at radius 3 is 2.41 bits per heavy atom. The molecule has 0 spiro atoms. The summed E-state index contributed by atoms with van der Waals surface area (Å²) in [5.74, 6) is 0. The van der Waals surface area contributed by atoms with Crippen molar-refractivity contribution in [1.82, 2.24) is 9.80 Å². The van der Waals surface area contributed by atoms with Gasteiger partial charge in [0.15, 0.2) is 6.20 Å². The summed E-state index contributed by atoms with van der Waals surface area (Å²) in [7, 11) is 6.22. The highest BCUT2D eigenvalue weighted by molar-refractivity contribution is 14.0. The summed E-state index contributed by atoms with van der Waals surface area (Å²) in [6.45, 7) is 0. The SMILES string of the molecule is CN1C=CN(C)C1C=Cc1cccc[n+]1C.I. The number of hydrogen-bond donors (Lipinski definition) is 0. The van der Waals surface area contributed by atoms with Crippen LogP contribution in [0.5, 0.6) is 0 Å². The van der Waals surface area contributed by atoms with E-state index in [9.17, 15) is 0 Å². The smallest absolute Gasteiger partial charge is 0.204 e. The molecule has 2 heterocycles. The van der Waals surface area contributed by atoms with Crippen LogP contribution < -0.4 is 4.57 Å². The maximum Gasteiger partial charge on any atom is 0.204 e. The van der Waals surface area contributed by atoms with Crippen molar-refractivity contribution in [3.63, 3.8) is 0 Å². The van der Waals surface area contributed by atoms with Gasteiger partial charge in [0, 0.05) is 44.7 Å². The van der Waals surface area contributed by atoms with Gasteiger partial charge in [0.05, 0.1) is 0 Å². The van der Waals surface area contributed by atoms with Crippen LogP contribution in [0.3, 0.4) is 0 Å². The Morgan fingerprint density at radius 2 is 1.82 bits per heavy atom. The zero-order valence-electron chi connectivity index (χ0n) is 10.4. The molecule has 0 saturated carbocycles. The maximum atomic E-state index is 2.20. The van der Waals surface area contributed by atoms with Crippen LogP contribution >= 0.6 is 24.0 Å². The third-order valence-corrected chi connectivity index (χ3v) is 2.91. The first kappa shape index (κ1) is 14.0. The van der Waals surface area contributed by atoms with Gasteiger partial charge in [0.25, 0.3) is 0 Å². The number of pyridine rings is 1. The molecule has 0 fully saturated rings. The fourth-order valence-electron chi connectivity index (χ4n) is 1.84. The molecule has 0 saturated heterocycles. The van der Waals surface area contributed by atoms with Crippen molar-refractivity contribution in [3.8, 4) is 0 Å². The Bertz CT molecular complexity index is 416. The van der Waals surface area contributed by atoms with Gasteiger partial charge >= 0.3 is 0 Å². The summed E-state index contributed by atoms with van der Waals surface area (Å²) in [4.78, 5) is 4.36. The average molecular weight is 344 g/mol. The topological polar surface area (TPSA) is 10.4 Å². The van der Waals surface area contributed by atoms with Gasteiger partial charge in [-0.25, -0.2) is 4.57 Å². The lowest BCUT2D eigenvalue weighted by molar-refractivity contribution is -0.673. The van der Waals surface area contributed by atoms with Gasteiger partial charge in [-0.1, -0.05) is 0 Å². The second-order valence-corrected chi connectivity index (χ2v) is 4.14. The van der Waals surface area contributed by atoms with Gasteiger partial charge in [-0.05, 0) is 12.1 Å². The molecule has 3 nitrogen and oxygen atoms in total. The Hall–Kier alpha value is -1.04. The van der Waals surface area contributed by atoms with Gasteiger partial charge in [-0.3, -0.25) is 0 Å². The Balaban J connectivity index is 0.00000144. The molecule has 0 unspecified atom stereocenters. The number of nitrogens with zero attached hydrogens (tertiary/aromatic N) is 3. The summed E-state index contributed by atoms with van der Waals surface area (Å²) in [6.07, 6.45) is 10.9. The molecule has 0 N–H and O–H groups in total. The Labute approximate surface area is 120 Å². The molecule has 0 atom stereocenters. The van der Waals surface area contributed by atoms with Crippen LogP contribution in [0.2, 0.25) is 0 Å². The maximum absolute atomic E-state index is 2.20.